The summed E-state index contributed by atoms with van der Waals surface area (Å²) < 4.78 is 13.1. The number of amides is 3. The molecule has 1 aromatic carbocycles. The van der Waals surface area contributed by atoms with Crippen molar-refractivity contribution in [3.05, 3.63) is 48.0 Å². The van der Waals surface area contributed by atoms with Crippen LogP contribution in [0.4, 0.5) is 21.4 Å². The van der Waals surface area contributed by atoms with E-state index in [4.69, 9.17) is 20.6 Å². The molecule has 2 heterocycles. The lowest BCUT2D eigenvalue weighted by atomic mass is 10.1. The van der Waals surface area contributed by atoms with E-state index in [0.717, 1.165) is 22.4 Å². The number of para-hydroxylation sites is 1. The molecule has 32 heavy (non-hydrogen) atoms. The first kappa shape index (κ1) is 22.7. The molecule has 168 valence electrons. The number of carbonyl (C=O) groups excluding carboxylic acids is 2. The van der Waals surface area contributed by atoms with Crippen LogP contribution in [-0.4, -0.2) is 42.5 Å². The van der Waals surface area contributed by atoms with E-state index in [2.05, 4.69) is 11.6 Å². The Morgan fingerprint density at radius 3 is 2.66 bits per heavy atom. The molecule has 1 aromatic heterocycles. The Balaban J connectivity index is 2.32. The molecule has 1 aliphatic heterocycles. The van der Waals surface area contributed by atoms with Crippen molar-refractivity contribution in [2.45, 2.75) is 33.0 Å². The van der Waals surface area contributed by atoms with Gasteiger partial charge in [-0.15, -0.1) is 6.58 Å². The lowest BCUT2D eigenvalue weighted by molar-refractivity contribution is -0.598. The van der Waals surface area contributed by atoms with Gasteiger partial charge in [-0.25, -0.2) is 9.59 Å². The van der Waals surface area contributed by atoms with Crippen molar-refractivity contribution in [3.63, 3.8) is 0 Å². The molecule has 10 nitrogen and oxygen atoms in total. The number of rotatable bonds is 5. The van der Waals surface area contributed by atoms with Gasteiger partial charge >= 0.3 is 18.1 Å². The maximum atomic E-state index is 12.9. The fraction of sp³-hybridized carbons (Fsp3) is 0.318. The molecular formula is C22H27N6O4+. The third kappa shape index (κ3) is 4.25. The van der Waals surface area contributed by atoms with Crippen LogP contribution in [0.1, 0.15) is 31.9 Å². The Bertz CT molecular complexity index is 1090. The molecule has 3 amide bonds. The number of carbonyl (C=O) groups is 2. The molecule has 2 aromatic rings. The SMILES string of the molecule is C=CCN(C(N)=O)c1nc(N(C)C(=O)OC(C)(C)C)[n+]2c(c1C=N)OCc1ccccc1-2. The van der Waals surface area contributed by atoms with Gasteiger partial charge in [-0.1, -0.05) is 29.3 Å². The highest BCUT2D eigenvalue weighted by atomic mass is 16.6. The van der Waals surface area contributed by atoms with Gasteiger partial charge in [0.2, 0.25) is 5.82 Å². The van der Waals surface area contributed by atoms with Crippen LogP contribution >= 0.6 is 0 Å². The van der Waals surface area contributed by atoms with Crippen LogP contribution in [0.25, 0.3) is 5.69 Å². The molecular weight excluding hydrogens is 412 g/mol. The summed E-state index contributed by atoms with van der Waals surface area (Å²) in [6.45, 7) is 9.23. The Kier molecular flexibility index (Phi) is 6.15. The first-order valence-corrected chi connectivity index (χ1v) is 9.95. The number of benzene rings is 1. The van der Waals surface area contributed by atoms with Gasteiger partial charge in [0.15, 0.2) is 0 Å². The Morgan fingerprint density at radius 1 is 1.38 bits per heavy atom. The van der Waals surface area contributed by atoms with Crippen molar-refractivity contribution in [1.29, 1.82) is 5.41 Å². The van der Waals surface area contributed by atoms with E-state index in [1.54, 1.807) is 25.3 Å². The average molecular weight is 439 g/mol. The molecule has 1 aliphatic rings. The Hall–Kier alpha value is -3.95. The van der Waals surface area contributed by atoms with Crippen LogP contribution in [0.3, 0.4) is 0 Å². The van der Waals surface area contributed by atoms with Gasteiger partial charge in [0.05, 0.1) is 7.05 Å². The first-order valence-electron chi connectivity index (χ1n) is 9.95. The minimum absolute atomic E-state index is 0.0544. The lowest BCUT2D eigenvalue weighted by Crippen LogP contribution is -2.49. The molecule has 10 heteroatoms. The van der Waals surface area contributed by atoms with Crippen LogP contribution in [0.15, 0.2) is 36.9 Å². The molecule has 0 fully saturated rings. The molecule has 0 bridgehead atoms. The number of anilines is 2. The molecule has 0 spiro atoms. The van der Waals surface area contributed by atoms with Crippen LogP contribution in [0, 0.1) is 5.41 Å². The third-order valence-corrected chi connectivity index (χ3v) is 4.62. The highest BCUT2D eigenvalue weighted by Gasteiger charge is 2.39. The number of nitrogens with two attached hydrogens (primary N) is 1. The predicted octanol–water partition coefficient (Wildman–Crippen LogP) is 2.69. The van der Waals surface area contributed by atoms with E-state index in [1.165, 1.54) is 18.0 Å². The monoisotopic (exact) mass is 439 g/mol. The minimum Gasteiger partial charge on any atom is -0.462 e. The fourth-order valence-electron chi connectivity index (χ4n) is 3.25. The molecule has 0 saturated heterocycles. The normalized spacial score (nSPS) is 12.0. The van der Waals surface area contributed by atoms with Crippen molar-refractivity contribution in [3.8, 4) is 11.6 Å². The van der Waals surface area contributed by atoms with Gasteiger partial charge in [-0.05, 0) is 26.8 Å². The van der Waals surface area contributed by atoms with Gasteiger partial charge in [0.1, 0.15) is 23.5 Å². The maximum Gasteiger partial charge on any atom is 0.479 e. The Morgan fingerprint density at radius 2 is 2.06 bits per heavy atom. The topological polar surface area (TPSA) is 126 Å². The van der Waals surface area contributed by atoms with Crippen LogP contribution in [0.2, 0.25) is 0 Å². The van der Waals surface area contributed by atoms with Crippen molar-refractivity contribution in [2.24, 2.45) is 5.73 Å². The average Bonchev–Trinajstić information content (AvgIpc) is 2.74. The highest BCUT2D eigenvalue weighted by Crippen LogP contribution is 2.32. The summed E-state index contributed by atoms with van der Waals surface area (Å²) in [4.78, 5) is 32.0. The molecule has 0 radical (unpaired) electrons. The zero-order valence-electron chi connectivity index (χ0n) is 18.6. The van der Waals surface area contributed by atoms with Gasteiger partial charge in [-0.3, -0.25) is 4.90 Å². The standard InChI is InChI=1S/C22H26N6O4/c1-6-11-27(19(24)29)17-15(12-23)18-28(16-10-8-7-9-14(16)13-31-18)20(25-17)26(5)21(30)32-22(2,3)4/h6-10,12,23H,1,11,13H2,2-5H3,(H-,24,29)/p+1. The number of ether oxygens (including phenoxy) is 2. The number of primary amides is 1. The number of hydrogen-bond acceptors (Lipinski definition) is 6. The van der Waals surface area contributed by atoms with E-state index < -0.39 is 17.7 Å². The maximum absolute atomic E-state index is 12.9. The minimum atomic E-state index is -0.785. The molecule has 0 atom stereocenters. The number of urea groups is 1. The van der Waals surface area contributed by atoms with Gasteiger partial charge in [0.25, 0.3) is 5.88 Å². The number of hydrogen-bond donors (Lipinski definition) is 2. The highest BCUT2D eigenvalue weighted by molar-refractivity contribution is 5.97. The van der Waals surface area contributed by atoms with Crippen LogP contribution in [-0.2, 0) is 11.3 Å². The largest absolute Gasteiger partial charge is 0.479 e. The second-order valence-electron chi connectivity index (χ2n) is 8.13. The van der Waals surface area contributed by atoms with E-state index in [0.29, 0.717) is 0 Å². The molecule has 0 unspecified atom stereocenters. The van der Waals surface area contributed by atoms with Crippen molar-refractivity contribution in [1.82, 2.24) is 4.98 Å². The van der Waals surface area contributed by atoms with Gasteiger partial charge in [0, 0.05) is 18.3 Å². The summed E-state index contributed by atoms with van der Waals surface area (Å²) in [7, 11) is 1.51. The molecule has 0 saturated carbocycles. The Labute approximate surface area is 186 Å². The zero-order valence-corrected chi connectivity index (χ0v) is 18.6. The first-order chi connectivity index (χ1) is 15.1. The second kappa shape index (κ2) is 8.66. The fourth-order valence-corrected chi connectivity index (χ4v) is 3.25. The van der Waals surface area contributed by atoms with Gasteiger partial charge < -0.3 is 20.6 Å². The number of aromatic nitrogens is 2. The summed E-state index contributed by atoms with van der Waals surface area (Å²) in [5.41, 5.74) is 6.68. The second-order valence-corrected chi connectivity index (χ2v) is 8.13. The van der Waals surface area contributed by atoms with E-state index >= 15 is 0 Å². The van der Waals surface area contributed by atoms with Gasteiger partial charge in [-0.2, -0.15) is 9.47 Å². The van der Waals surface area contributed by atoms with Crippen molar-refractivity contribution >= 4 is 30.1 Å². The summed E-state index contributed by atoms with van der Waals surface area (Å²) in [5, 5.41) is 7.99. The summed E-state index contributed by atoms with van der Waals surface area (Å²) in [6, 6.07) is 6.70. The summed E-state index contributed by atoms with van der Waals surface area (Å²) in [5.74, 6) is 0.463. The van der Waals surface area contributed by atoms with E-state index in [-0.39, 0.29) is 36.4 Å². The smallest absolute Gasteiger partial charge is 0.462 e. The summed E-state index contributed by atoms with van der Waals surface area (Å²) in [6.07, 6.45) is 1.88. The van der Waals surface area contributed by atoms with E-state index in [1.807, 2.05) is 24.3 Å². The molecule has 0 aliphatic carbocycles. The molecule has 3 rings (SSSR count). The van der Waals surface area contributed by atoms with Crippen molar-refractivity contribution < 1.29 is 23.6 Å². The quantitative estimate of drug-likeness (QED) is 0.421. The van der Waals surface area contributed by atoms with E-state index in [9.17, 15) is 9.59 Å². The summed E-state index contributed by atoms with van der Waals surface area (Å²) >= 11 is 0. The van der Waals surface area contributed by atoms with Crippen molar-refractivity contribution in [2.75, 3.05) is 23.4 Å². The van der Waals surface area contributed by atoms with Crippen LogP contribution < -0.4 is 24.8 Å². The number of nitrogens with one attached hydrogen (secondary N) is 1. The number of fused-ring (bicyclic) bond motifs is 3. The predicted molar refractivity (Wildman–Crippen MR) is 120 cm³/mol. The molecule has 3 N–H and O–H groups in total. The number of nitrogens with zero attached hydrogens (tertiary/aromatic N) is 4. The third-order valence-electron chi connectivity index (χ3n) is 4.62. The van der Waals surface area contributed by atoms with Crippen LogP contribution in [0.5, 0.6) is 5.88 Å². The lowest BCUT2D eigenvalue weighted by Gasteiger charge is -2.27. The zero-order chi connectivity index (χ0) is 23.6.